The van der Waals surface area contributed by atoms with Crippen LogP contribution in [-0.4, -0.2) is 83.1 Å². The van der Waals surface area contributed by atoms with E-state index >= 15 is 0 Å². The summed E-state index contributed by atoms with van der Waals surface area (Å²) in [4.78, 5) is 74.3. The molecule has 0 radical (unpaired) electrons. The topological polar surface area (TPSA) is 167 Å². The summed E-state index contributed by atoms with van der Waals surface area (Å²) in [7, 11) is 2.25. The Morgan fingerprint density at radius 1 is 0.600 bits per heavy atom. The maximum atomic E-state index is 12.8. The summed E-state index contributed by atoms with van der Waals surface area (Å²) in [5, 5.41) is 0. The largest absolute Gasteiger partial charge is 0.492 e. The maximum Gasteiger partial charge on any atom is 0.333 e. The van der Waals surface area contributed by atoms with Gasteiger partial charge in [0.2, 0.25) is 0 Å². The lowest BCUT2D eigenvalue weighted by atomic mass is 9.77. The molecule has 3 aromatic rings. The molecule has 0 heterocycles. The molecule has 0 unspecified atom stereocenters. The van der Waals surface area contributed by atoms with E-state index in [9.17, 15) is 28.8 Å². The van der Waals surface area contributed by atoms with Crippen LogP contribution in [0.1, 0.15) is 132 Å². The molecule has 1 aliphatic carbocycles. The fourth-order valence-corrected chi connectivity index (χ4v) is 8.44. The minimum absolute atomic E-state index is 0.0798. The van der Waals surface area contributed by atoms with Crippen LogP contribution in [0.15, 0.2) is 85.0 Å². The Kier molecular flexibility index (Phi) is 23.4. The Hall–Kier alpha value is -6.24. The minimum Gasteiger partial charge on any atom is -0.492 e. The summed E-state index contributed by atoms with van der Waals surface area (Å²) in [6.45, 7) is 12.8. The van der Waals surface area contributed by atoms with Crippen LogP contribution in [0, 0.1) is 11.3 Å². The van der Waals surface area contributed by atoms with E-state index in [2.05, 4.69) is 78.1 Å². The van der Waals surface area contributed by atoms with E-state index in [1.165, 1.54) is 75.0 Å². The molecule has 0 spiro atoms. The molecule has 0 N–H and O–H groups in total. The van der Waals surface area contributed by atoms with Crippen molar-refractivity contribution in [3.05, 3.63) is 113 Å². The van der Waals surface area contributed by atoms with E-state index in [0.29, 0.717) is 30.9 Å². The third kappa shape index (κ3) is 18.6. The smallest absolute Gasteiger partial charge is 0.333 e. The first kappa shape index (κ1) is 56.3. The van der Waals surface area contributed by atoms with Gasteiger partial charge in [-0.1, -0.05) is 101 Å². The summed E-state index contributed by atoms with van der Waals surface area (Å²) in [5.74, 6) is -2.86. The average molecular weight is 967 g/mol. The Balaban J connectivity index is 1.59. The molecule has 70 heavy (non-hydrogen) atoms. The predicted molar refractivity (Wildman–Crippen MR) is 267 cm³/mol. The van der Waals surface area contributed by atoms with Gasteiger partial charge in [0.05, 0.1) is 20.8 Å². The SMILES string of the molecule is C=C(C)C(=O)OCCCc1cc(-c2ccc(CCc3ccc(C4CCC(CCCCC)CC4)cc3)cc2)c(CC)cc1OCC(COC(=O)CC(=O)OC)(COC(=O)CC(=O)OC)COC(=O)C(=C)C. The number of benzene rings is 3. The van der Waals surface area contributed by atoms with Crippen LogP contribution in [-0.2, 0) is 82.9 Å². The van der Waals surface area contributed by atoms with E-state index in [1.807, 2.05) is 19.1 Å². The van der Waals surface area contributed by atoms with Crippen LogP contribution in [0.25, 0.3) is 11.1 Å². The van der Waals surface area contributed by atoms with Crippen LogP contribution < -0.4 is 4.74 Å². The monoisotopic (exact) mass is 967 g/mol. The van der Waals surface area contributed by atoms with Gasteiger partial charge in [0.15, 0.2) is 0 Å². The van der Waals surface area contributed by atoms with Crippen molar-refractivity contribution in [2.45, 2.75) is 130 Å². The fraction of sp³-hybridized carbons (Fsp3) is 0.509. The zero-order chi connectivity index (χ0) is 51.1. The van der Waals surface area contributed by atoms with Crippen molar-refractivity contribution < 1.29 is 61.9 Å². The van der Waals surface area contributed by atoms with Crippen molar-refractivity contribution in [2.75, 3.05) is 47.3 Å². The number of ether oxygens (including phenoxy) is 7. The van der Waals surface area contributed by atoms with Crippen LogP contribution in [0.4, 0.5) is 0 Å². The zero-order valence-corrected chi connectivity index (χ0v) is 42.3. The van der Waals surface area contributed by atoms with E-state index in [4.69, 9.17) is 23.7 Å². The molecule has 1 saturated carbocycles. The molecule has 3 aromatic carbocycles. The predicted octanol–water partition coefficient (Wildman–Crippen LogP) is 10.3. The lowest BCUT2D eigenvalue weighted by Crippen LogP contribution is -2.44. The number of carbonyl (C=O) groups is 6. The van der Waals surface area contributed by atoms with Crippen molar-refractivity contribution in [1.29, 1.82) is 0 Å². The number of hydrogen-bond donors (Lipinski definition) is 0. The highest BCUT2D eigenvalue weighted by Crippen LogP contribution is 2.38. The summed E-state index contributed by atoms with van der Waals surface area (Å²) in [6.07, 6.45) is 12.5. The molecule has 380 valence electrons. The fourth-order valence-electron chi connectivity index (χ4n) is 8.44. The van der Waals surface area contributed by atoms with Gasteiger partial charge in [-0.05, 0) is 135 Å². The first-order valence-electron chi connectivity index (χ1n) is 24.7. The number of rotatable bonds is 29. The van der Waals surface area contributed by atoms with Crippen LogP contribution >= 0.6 is 0 Å². The Bertz CT molecular complexity index is 2200. The number of esters is 6. The third-order valence-corrected chi connectivity index (χ3v) is 12.8. The van der Waals surface area contributed by atoms with Gasteiger partial charge in [0, 0.05) is 11.1 Å². The summed E-state index contributed by atoms with van der Waals surface area (Å²) >= 11 is 0. The summed E-state index contributed by atoms with van der Waals surface area (Å²) < 4.78 is 37.7. The highest BCUT2D eigenvalue weighted by Gasteiger charge is 2.38. The minimum atomic E-state index is -1.56. The van der Waals surface area contributed by atoms with Crippen LogP contribution in [0.2, 0.25) is 0 Å². The molecule has 0 amide bonds. The number of methoxy groups -OCH3 is 2. The molecule has 1 aliphatic rings. The molecule has 0 atom stereocenters. The van der Waals surface area contributed by atoms with Gasteiger partial charge >= 0.3 is 35.8 Å². The van der Waals surface area contributed by atoms with Crippen molar-refractivity contribution in [1.82, 2.24) is 0 Å². The highest BCUT2D eigenvalue weighted by molar-refractivity contribution is 5.92. The number of aryl methyl sites for hydroxylation is 4. The number of hydrogen-bond acceptors (Lipinski definition) is 13. The first-order valence-corrected chi connectivity index (χ1v) is 24.7. The van der Waals surface area contributed by atoms with Gasteiger partial charge < -0.3 is 33.2 Å². The highest BCUT2D eigenvalue weighted by atomic mass is 16.6. The third-order valence-electron chi connectivity index (χ3n) is 12.8. The zero-order valence-electron chi connectivity index (χ0n) is 42.3. The second-order valence-electron chi connectivity index (χ2n) is 18.6. The van der Waals surface area contributed by atoms with E-state index < -0.39 is 73.9 Å². The molecule has 1 fully saturated rings. The Morgan fingerprint density at radius 2 is 1.14 bits per heavy atom. The molecule has 0 aromatic heterocycles. The van der Waals surface area contributed by atoms with E-state index in [-0.39, 0.29) is 24.4 Å². The molecule has 4 rings (SSSR count). The second-order valence-corrected chi connectivity index (χ2v) is 18.6. The van der Waals surface area contributed by atoms with Crippen LogP contribution in [0.5, 0.6) is 5.75 Å². The molecular formula is C57H74O13. The van der Waals surface area contributed by atoms with Gasteiger partial charge in [-0.2, -0.15) is 0 Å². The lowest BCUT2D eigenvalue weighted by Gasteiger charge is -2.32. The normalized spacial score (nSPS) is 14.4. The quantitative estimate of drug-likeness (QED) is 0.0212. The van der Waals surface area contributed by atoms with Gasteiger partial charge in [-0.3, -0.25) is 19.2 Å². The molecule has 13 nitrogen and oxygen atoms in total. The van der Waals surface area contributed by atoms with Gasteiger partial charge in [0.25, 0.3) is 0 Å². The lowest BCUT2D eigenvalue weighted by molar-refractivity contribution is -0.165. The Morgan fingerprint density at radius 3 is 1.67 bits per heavy atom. The molecule has 0 aliphatic heterocycles. The second kappa shape index (κ2) is 29.1. The summed E-state index contributed by atoms with van der Waals surface area (Å²) in [5.41, 5.74) is 6.50. The van der Waals surface area contributed by atoms with Crippen molar-refractivity contribution in [3.63, 3.8) is 0 Å². The first-order chi connectivity index (χ1) is 33.6. The Labute approximate surface area is 414 Å². The van der Waals surface area contributed by atoms with E-state index in [0.717, 1.165) is 55.2 Å². The van der Waals surface area contributed by atoms with Gasteiger partial charge in [-0.25, -0.2) is 9.59 Å². The number of unbranched alkanes of at least 4 members (excludes halogenated alkanes) is 2. The number of carbonyl (C=O) groups excluding carboxylic acids is 6. The van der Waals surface area contributed by atoms with Crippen LogP contribution in [0.3, 0.4) is 0 Å². The molecular weight excluding hydrogens is 893 g/mol. The van der Waals surface area contributed by atoms with Gasteiger partial charge in [-0.15, -0.1) is 0 Å². The molecule has 0 bridgehead atoms. The maximum absolute atomic E-state index is 12.8. The molecule has 13 heteroatoms. The van der Waals surface area contributed by atoms with Gasteiger partial charge in [0.1, 0.15) is 50.4 Å². The standard InChI is InChI=1S/C57H74O13/c1-9-11-12-14-41-18-24-45(25-19-41)46-26-20-42(21-27-46)16-17-43-22-28-47(29-23-43)49-31-48(15-13-30-66-55(62)39(3)4)50(32-44(49)10-2)67-35-57(38-70-56(63)40(5)6,36-68-53(60)33-51(58)64-7)37-69-54(61)34-52(59)65-8/h20-23,26-29,31-32,41,45H,3,5,9-19,24-25,30,33-38H2,1-2,4,6-8H3. The summed E-state index contributed by atoms with van der Waals surface area (Å²) in [6, 6.07) is 21.8. The van der Waals surface area contributed by atoms with Crippen molar-refractivity contribution >= 4 is 35.8 Å². The average Bonchev–Trinajstić information content (AvgIpc) is 3.36. The van der Waals surface area contributed by atoms with Crippen molar-refractivity contribution in [2.24, 2.45) is 11.3 Å². The van der Waals surface area contributed by atoms with E-state index in [1.54, 1.807) is 6.92 Å². The molecule has 0 saturated heterocycles. The van der Waals surface area contributed by atoms with Crippen molar-refractivity contribution in [3.8, 4) is 16.9 Å².